The van der Waals surface area contributed by atoms with Crippen molar-refractivity contribution >= 4 is 22.2 Å². The van der Waals surface area contributed by atoms with Crippen LogP contribution in [0.3, 0.4) is 0 Å². The zero-order valence-electron chi connectivity index (χ0n) is 12.7. The number of hydrogen-bond donors (Lipinski definition) is 2. The Morgan fingerprint density at radius 2 is 2.05 bits per heavy atom. The number of rotatable bonds is 3. The van der Waals surface area contributed by atoms with E-state index in [4.69, 9.17) is 10.5 Å². The van der Waals surface area contributed by atoms with Gasteiger partial charge in [-0.1, -0.05) is 0 Å². The monoisotopic (exact) mass is 308 g/mol. The lowest BCUT2D eigenvalue weighted by atomic mass is 9.79. The van der Waals surface area contributed by atoms with Crippen molar-refractivity contribution in [2.75, 3.05) is 25.1 Å². The summed E-state index contributed by atoms with van der Waals surface area (Å²) in [6.45, 7) is 3.79. The van der Waals surface area contributed by atoms with E-state index < -0.39 is 5.41 Å². The van der Waals surface area contributed by atoms with Crippen molar-refractivity contribution in [3.05, 3.63) is 16.0 Å². The number of aryl methyl sites for hydroxylation is 1. The molecule has 0 aromatic carbocycles. The lowest BCUT2D eigenvalue weighted by Crippen LogP contribution is -2.46. The van der Waals surface area contributed by atoms with Crippen LogP contribution in [-0.4, -0.2) is 25.7 Å². The van der Waals surface area contributed by atoms with E-state index in [1.165, 1.54) is 28.8 Å². The molecule has 116 valence electrons. The second kappa shape index (κ2) is 6.07. The maximum absolute atomic E-state index is 12.7. The van der Waals surface area contributed by atoms with E-state index >= 15 is 0 Å². The minimum absolute atomic E-state index is 0.0787. The van der Waals surface area contributed by atoms with Crippen LogP contribution >= 0.6 is 11.3 Å². The van der Waals surface area contributed by atoms with Crippen LogP contribution in [0.15, 0.2) is 0 Å². The third-order valence-corrected chi connectivity index (χ3v) is 6.29. The molecule has 1 aromatic rings. The lowest BCUT2D eigenvalue weighted by Gasteiger charge is -2.34. The largest absolute Gasteiger partial charge is 0.381 e. The number of fused-ring (bicyclic) bond motifs is 1. The number of carbonyl (C=O) groups is 1. The molecule has 1 saturated heterocycles. The summed E-state index contributed by atoms with van der Waals surface area (Å²) in [7, 11) is 0. The molecular weight excluding hydrogens is 284 g/mol. The quantitative estimate of drug-likeness (QED) is 0.902. The Morgan fingerprint density at radius 3 is 2.71 bits per heavy atom. The molecule has 1 aliphatic heterocycles. The molecular formula is C16H24N2O2S. The number of anilines is 1. The van der Waals surface area contributed by atoms with E-state index in [1.54, 1.807) is 11.3 Å². The summed E-state index contributed by atoms with van der Waals surface area (Å²) >= 11 is 1.76. The van der Waals surface area contributed by atoms with E-state index in [9.17, 15) is 4.79 Å². The van der Waals surface area contributed by atoms with E-state index in [0.717, 1.165) is 30.7 Å². The van der Waals surface area contributed by atoms with Crippen LogP contribution in [-0.2, 0) is 22.4 Å². The average molecular weight is 308 g/mol. The Labute approximate surface area is 130 Å². The van der Waals surface area contributed by atoms with Crippen LogP contribution in [0.2, 0.25) is 0 Å². The van der Waals surface area contributed by atoms with Gasteiger partial charge < -0.3 is 15.8 Å². The smallest absolute Gasteiger partial charge is 0.232 e. The number of amides is 1. The number of thiophene rings is 1. The predicted octanol–water partition coefficient (Wildman–Crippen LogP) is 2.63. The first-order chi connectivity index (χ1) is 10.2. The van der Waals surface area contributed by atoms with Gasteiger partial charge in [-0.3, -0.25) is 4.79 Å². The standard InChI is InChI=1S/C16H24N2O2S/c1-11-12-4-2-3-5-13(12)21-14(11)18-15(19)16(10-17)6-8-20-9-7-16/h2-10,17H2,1H3,(H,18,19). The molecule has 21 heavy (non-hydrogen) atoms. The Morgan fingerprint density at radius 1 is 1.33 bits per heavy atom. The van der Waals surface area contributed by atoms with Crippen LogP contribution in [0.5, 0.6) is 0 Å². The fourth-order valence-corrected chi connectivity index (χ4v) is 4.66. The predicted molar refractivity (Wildman–Crippen MR) is 85.9 cm³/mol. The molecule has 1 aliphatic carbocycles. The van der Waals surface area contributed by atoms with Crippen LogP contribution < -0.4 is 11.1 Å². The molecule has 1 fully saturated rings. The van der Waals surface area contributed by atoms with Crippen molar-refractivity contribution in [1.29, 1.82) is 0 Å². The summed E-state index contributed by atoms with van der Waals surface area (Å²) < 4.78 is 5.38. The summed E-state index contributed by atoms with van der Waals surface area (Å²) in [6.07, 6.45) is 6.29. The third-order valence-electron chi connectivity index (χ3n) is 4.99. The second-order valence-electron chi connectivity index (χ2n) is 6.22. The normalized spacial score (nSPS) is 20.9. The van der Waals surface area contributed by atoms with Gasteiger partial charge in [-0.25, -0.2) is 0 Å². The average Bonchev–Trinajstić information content (AvgIpc) is 2.84. The zero-order valence-corrected chi connectivity index (χ0v) is 13.5. The van der Waals surface area contributed by atoms with Gasteiger partial charge in [0.25, 0.3) is 0 Å². The summed E-state index contributed by atoms with van der Waals surface area (Å²) in [4.78, 5) is 14.2. The highest BCUT2D eigenvalue weighted by atomic mass is 32.1. The van der Waals surface area contributed by atoms with Crippen LogP contribution in [0.25, 0.3) is 0 Å². The van der Waals surface area contributed by atoms with Gasteiger partial charge in [0.05, 0.1) is 10.4 Å². The molecule has 0 unspecified atom stereocenters. The molecule has 3 rings (SSSR count). The minimum atomic E-state index is -0.449. The summed E-state index contributed by atoms with van der Waals surface area (Å²) in [5, 5.41) is 4.21. The Balaban J connectivity index is 1.79. The number of ether oxygens (including phenoxy) is 1. The topological polar surface area (TPSA) is 64.4 Å². The van der Waals surface area contributed by atoms with Crippen molar-refractivity contribution in [2.45, 2.75) is 45.4 Å². The van der Waals surface area contributed by atoms with Crippen molar-refractivity contribution in [2.24, 2.45) is 11.1 Å². The van der Waals surface area contributed by atoms with Gasteiger partial charge in [-0.05, 0) is 56.6 Å². The van der Waals surface area contributed by atoms with Crippen molar-refractivity contribution in [1.82, 2.24) is 0 Å². The minimum Gasteiger partial charge on any atom is -0.381 e. The molecule has 1 aromatic heterocycles. The molecule has 0 saturated carbocycles. The highest BCUT2D eigenvalue weighted by Crippen LogP contribution is 2.39. The molecule has 3 N–H and O–H groups in total. The molecule has 5 heteroatoms. The Bertz CT molecular complexity index is 533. The molecule has 4 nitrogen and oxygen atoms in total. The first kappa shape index (κ1) is 15.0. The zero-order chi connectivity index (χ0) is 14.9. The second-order valence-corrected chi connectivity index (χ2v) is 7.32. The van der Waals surface area contributed by atoms with Gasteiger partial charge >= 0.3 is 0 Å². The van der Waals surface area contributed by atoms with Crippen molar-refractivity contribution in [3.63, 3.8) is 0 Å². The highest BCUT2D eigenvalue weighted by molar-refractivity contribution is 7.16. The lowest BCUT2D eigenvalue weighted by molar-refractivity contribution is -0.130. The molecule has 0 bridgehead atoms. The molecule has 0 atom stereocenters. The maximum atomic E-state index is 12.7. The summed E-state index contributed by atoms with van der Waals surface area (Å²) in [5.41, 5.74) is 8.20. The van der Waals surface area contributed by atoms with Crippen LogP contribution in [0.1, 0.15) is 41.7 Å². The molecule has 2 heterocycles. The molecule has 2 aliphatic rings. The van der Waals surface area contributed by atoms with E-state index in [0.29, 0.717) is 19.8 Å². The third kappa shape index (κ3) is 2.74. The fraction of sp³-hybridized carbons (Fsp3) is 0.688. The van der Waals surface area contributed by atoms with Gasteiger partial charge in [0, 0.05) is 24.6 Å². The van der Waals surface area contributed by atoms with Crippen molar-refractivity contribution < 1.29 is 9.53 Å². The van der Waals surface area contributed by atoms with E-state index in [1.807, 2.05) is 0 Å². The summed E-state index contributed by atoms with van der Waals surface area (Å²) in [5.74, 6) is 0.0787. The van der Waals surface area contributed by atoms with E-state index in [-0.39, 0.29) is 5.91 Å². The van der Waals surface area contributed by atoms with Gasteiger partial charge in [-0.15, -0.1) is 11.3 Å². The van der Waals surface area contributed by atoms with Gasteiger partial charge in [0.15, 0.2) is 0 Å². The van der Waals surface area contributed by atoms with Crippen molar-refractivity contribution in [3.8, 4) is 0 Å². The number of carbonyl (C=O) groups excluding carboxylic acids is 1. The first-order valence-electron chi connectivity index (χ1n) is 7.87. The molecule has 1 amide bonds. The first-order valence-corrected chi connectivity index (χ1v) is 8.68. The number of nitrogens with one attached hydrogen (secondary N) is 1. The van der Waals surface area contributed by atoms with Crippen LogP contribution in [0.4, 0.5) is 5.00 Å². The van der Waals surface area contributed by atoms with Gasteiger partial charge in [0.2, 0.25) is 5.91 Å². The maximum Gasteiger partial charge on any atom is 0.232 e. The summed E-state index contributed by atoms with van der Waals surface area (Å²) in [6, 6.07) is 0. The Hall–Kier alpha value is -0.910. The number of hydrogen-bond acceptors (Lipinski definition) is 4. The number of nitrogens with two attached hydrogens (primary N) is 1. The molecule has 0 radical (unpaired) electrons. The molecule has 0 spiro atoms. The van der Waals surface area contributed by atoms with Crippen LogP contribution in [0, 0.1) is 12.3 Å². The highest BCUT2D eigenvalue weighted by Gasteiger charge is 2.39. The Kier molecular flexibility index (Phi) is 4.33. The fourth-order valence-electron chi connectivity index (χ4n) is 3.36. The van der Waals surface area contributed by atoms with Gasteiger partial charge in [0.1, 0.15) is 0 Å². The van der Waals surface area contributed by atoms with Gasteiger partial charge in [-0.2, -0.15) is 0 Å². The van der Waals surface area contributed by atoms with E-state index in [2.05, 4.69) is 12.2 Å². The SMILES string of the molecule is Cc1c(NC(=O)C2(CN)CCOCC2)sc2c1CCCC2.